The molecule has 0 aliphatic carbocycles. The maximum atomic E-state index is 12.6. The van der Waals surface area contributed by atoms with Crippen molar-refractivity contribution in [2.45, 2.75) is 26.4 Å². The first-order chi connectivity index (χ1) is 9.58. The van der Waals surface area contributed by atoms with Gasteiger partial charge in [-0.3, -0.25) is 4.79 Å². The van der Waals surface area contributed by atoms with Crippen molar-refractivity contribution in [3.8, 4) is 0 Å². The highest BCUT2D eigenvalue weighted by molar-refractivity contribution is 5.98. The number of rotatable bonds is 1. The van der Waals surface area contributed by atoms with Gasteiger partial charge in [-0.1, -0.05) is 25.1 Å². The van der Waals surface area contributed by atoms with Crippen LogP contribution in [-0.4, -0.2) is 35.1 Å². The van der Waals surface area contributed by atoms with Crippen molar-refractivity contribution >= 4 is 16.9 Å². The van der Waals surface area contributed by atoms with E-state index in [0.717, 1.165) is 23.0 Å². The van der Waals surface area contributed by atoms with Crippen LogP contribution in [0.5, 0.6) is 0 Å². The standard InChI is InChI=1S/C16H19NO3/c1-10-7-8-17(9-13(10)18)16(19)15-11(2)12-5-3-4-6-14(12)20-15/h3-6,10,13,18H,7-9H2,1-2H3. The van der Waals surface area contributed by atoms with Crippen LogP contribution in [-0.2, 0) is 0 Å². The number of benzene rings is 1. The molecule has 2 aromatic rings. The molecule has 1 fully saturated rings. The lowest BCUT2D eigenvalue weighted by molar-refractivity contribution is 0.0231. The normalized spacial score (nSPS) is 23.2. The number of hydrogen-bond donors (Lipinski definition) is 1. The molecule has 1 aliphatic rings. The maximum absolute atomic E-state index is 12.6. The third-order valence-electron chi connectivity index (χ3n) is 4.24. The molecule has 1 aromatic heterocycles. The lowest BCUT2D eigenvalue weighted by Gasteiger charge is -2.33. The number of carbonyl (C=O) groups is 1. The van der Waals surface area contributed by atoms with Gasteiger partial charge < -0.3 is 14.4 Å². The molecule has 1 amide bonds. The Bertz CT molecular complexity index is 646. The molecule has 1 aromatic carbocycles. The number of furan rings is 1. The average molecular weight is 273 g/mol. The van der Waals surface area contributed by atoms with Crippen molar-refractivity contribution in [3.63, 3.8) is 0 Å². The summed E-state index contributed by atoms with van der Waals surface area (Å²) in [6.45, 7) is 4.98. The molecular formula is C16H19NO3. The largest absolute Gasteiger partial charge is 0.451 e. The Morgan fingerprint density at radius 3 is 2.85 bits per heavy atom. The number of carbonyl (C=O) groups excluding carboxylic acids is 1. The smallest absolute Gasteiger partial charge is 0.289 e. The summed E-state index contributed by atoms with van der Waals surface area (Å²) < 4.78 is 5.70. The second-order valence-electron chi connectivity index (χ2n) is 5.64. The highest BCUT2D eigenvalue weighted by atomic mass is 16.3. The predicted octanol–water partition coefficient (Wildman–Crippen LogP) is 2.58. The topological polar surface area (TPSA) is 53.7 Å². The van der Waals surface area contributed by atoms with Crippen molar-refractivity contribution in [1.29, 1.82) is 0 Å². The third-order valence-corrected chi connectivity index (χ3v) is 4.24. The summed E-state index contributed by atoms with van der Waals surface area (Å²) >= 11 is 0. The van der Waals surface area contributed by atoms with Crippen LogP contribution in [0.1, 0.15) is 29.5 Å². The molecule has 4 heteroatoms. The number of aryl methyl sites for hydroxylation is 1. The number of β-amino-alcohol motifs (C(OH)–C–C–N with tert-alkyl or cyclic N) is 1. The summed E-state index contributed by atoms with van der Waals surface area (Å²) in [5, 5.41) is 10.9. The molecule has 20 heavy (non-hydrogen) atoms. The summed E-state index contributed by atoms with van der Waals surface area (Å²) in [5.74, 6) is 0.522. The minimum atomic E-state index is -0.447. The average Bonchev–Trinajstić information content (AvgIpc) is 2.79. The first kappa shape index (κ1) is 13.2. The molecule has 1 aliphatic heterocycles. The Morgan fingerprint density at radius 2 is 2.15 bits per heavy atom. The fraction of sp³-hybridized carbons (Fsp3) is 0.438. The highest BCUT2D eigenvalue weighted by Crippen LogP contribution is 2.27. The van der Waals surface area contributed by atoms with Gasteiger partial charge in [0.15, 0.2) is 5.76 Å². The Labute approximate surface area is 118 Å². The van der Waals surface area contributed by atoms with Crippen LogP contribution in [0.15, 0.2) is 28.7 Å². The number of hydrogen-bond acceptors (Lipinski definition) is 3. The number of aliphatic hydroxyl groups is 1. The molecule has 0 saturated carbocycles. The Balaban J connectivity index is 1.91. The van der Waals surface area contributed by atoms with E-state index in [1.807, 2.05) is 38.1 Å². The molecule has 2 unspecified atom stereocenters. The fourth-order valence-electron chi connectivity index (χ4n) is 2.76. The summed E-state index contributed by atoms with van der Waals surface area (Å²) in [6.07, 6.45) is 0.379. The monoisotopic (exact) mass is 273 g/mol. The van der Waals surface area contributed by atoms with E-state index < -0.39 is 6.10 Å². The van der Waals surface area contributed by atoms with Crippen LogP contribution in [0, 0.1) is 12.8 Å². The first-order valence-electron chi connectivity index (χ1n) is 7.03. The molecule has 2 heterocycles. The second kappa shape index (κ2) is 4.94. The van der Waals surface area contributed by atoms with E-state index in [1.165, 1.54) is 0 Å². The zero-order chi connectivity index (χ0) is 14.3. The van der Waals surface area contributed by atoms with E-state index in [-0.39, 0.29) is 11.8 Å². The van der Waals surface area contributed by atoms with E-state index >= 15 is 0 Å². The predicted molar refractivity (Wildman–Crippen MR) is 76.6 cm³/mol. The minimum absolute atomic E-state index is 0.121. The van der Waals surface area contributed by atoms with Crippen molar-refractivity contribution in [2.24, 2.45) is 5.92 Å². The van der Waals surface area contributed by atoms with Crippen LogP contribution in [0.3, 0.4) is 0 Å². The van der Waals surface area contributed by atoms with Gasteiger partial charge in [0.1, 0.15) is 5.58 Å². The van der Waals surface area contributed by atoms with Gasteiger partial charge >= 0.3 is 0 Å². The van der Waals surface area contributed by atoms with Crippen molar-refractivity contribution < 1.29 is 14.3 Å². The van der Waals surface area contributed by atoms with Gasteiger partial charge in [-0.2, -0.15) is 0 Å². The van der Waals surface area contributed by atoms with Crippen LogP contribution >= 0.6 is 0 Å². The first-order valence-corrected chi connectivity index (χ1v) is 7.03. The van der Waals surface area contributed by atoms with Gasteiger partial charge in [0.2, 0.25) is 0 Å². The van der Waals surface area contributed by atoms with Crippen molar-refractivity contribution in [1.82, 2.24) is 4.90 Å². The van der Waals surface area contributed by atoms with Gasteiger partial charge in [0.25, 0.3) is 5.91 Å². The fourth-order valence-corrected chi connectivity index (χ4v) is 2.76. The van der Waals surface area contributed by atoms with E-state index in [4.69, 9.17) is 4.42 Å². The van der Waals surface area contributed by atoms with Crippen molar-refractivity contribution in [3.05, 3.63) is 35.6 Å². The van der Waals surface area contributed by atoms with E-state index in [9.17, 15) is 9.90 Å². The maximum Gasteiger partial charge on any atom is 0.289 e. The van der Waals surface area contributed by atoms with Crippen LogP contribution in [0.4, 0.5) is 0 Å². The van der Waals surface area contributed by atoms with Gasteiger partial charge in [-0.15, -0.1) is 0 Å². The molecule has 4 nitrogen and oxygen atoms in total. The quantitative estimate of drug-likeness (QED) is 0.869. The lowest BCUT2D eigenvalue weighted by Crippen LogP contribution is -2.45. The number of amides is 1. The Hall–Kier alpha value is -1.81. The third kappa shape index (κ3) is 2.10. The van der Waals surface area contributed by atoms with Crippen LogP contribution in [0.2, 0.25) is 0 Å². The number of nitrogens with zero attached hydrogens (tertiary/aromatic N) is 1. The number of fused-ring (bicyclic) bond motifs is 1. The molecule has 2 atom stereocenters. The van der Waals surface area contributed by atoms with E-state index in [0.29, 0.717) is 18.8 Å². The second-order valence-corrected chi connectivity index (χ2v) is 5.64. The van der Waals surface area contributed by atoms with E-state index in [2.05, 4.69) is 0 Å². The summed E-state index contributed by atoms with van der Waals surface area (Å²) in [5.41, 5.74) is 1.61. The van der Waals surface area contributed by atoms with Gasteiger partial charge in [-0.25, -0.2) is 0 Å². The zero-order valence-corrected chi connectivity index (χ0v) is 11.8. The number of piperidine rings is 1. The molecule has 106 valence electrons. The van der Waals surface area contributed by atoms with Gasteiger partial charge in [-0.05, 0) is 25.3 Å². The van der Waals surface area contributed by atoms with Crippen LogP contribution < -0.4 is 0 Å². The van der Waals surface area contributed by atoms with Gasteiger partial charge in [0.05, 0.1) is 6.10 Å². The zero-order valence-electron chi connectivity index (χ0n) is 11.8. The molecule has 0 spiro atoms. The Morgan fingerprint density at radius 1 is 1.40 bits per heavy atom. The molecular weight excluding hydrogens is 254 g/mol. The summed E-state index contributed by atoms with van der Waals surface area (Å²) in [6, 6.07) is 7.65. The number of likely N-dealkylation sites (tertiary alicyclic amines) is 1. The van der Waals surface area contributed by atoms with Crippen molar-refractivity contribution in [2.75, 3.05) is 13.1 Å². The molecule has 1 saturated heterocycles. The van der Waals surface area contributed by atoms with Crippen LogP contribution in [0.25, 0.3) is 11.0 Å². The highest BCUT2D eigenvalue weighted by Gasteiger charge is 2.30. The minimum Gasteiger partial charge on any atom is -0.451 e. The molecule has 1 N–H and O–H groups in total. The lowest BCUT2D eigenvalue weighted by atomic mass is 9.96. The number of para-hydroxylation sites is 1. The molecule has 0 bridgehead atoms. The molecule has 0 radical (unpaired) electrons. The SMILES string of the molecule is Cc1c(C(=O)N2CCC(C)C(O)C2)oc2ccccc12. The summed E-state index contributed by atoms with van der Waals surface area (Å²) in [4.78, 5) is 14.3. The molecule has 3 rings (SSSR count). The Kier molecular flexibility index (Phi) is 3.26. The summed E-state index contributed by atoms with van der Waals surface area (Å²) in [7, 11) is 0. The van der Waals surface area contributed by atoms with E-state index in [1.54, 1.807) is 4.90 Å². The number of aliphatic hydroxyl groups excluding tert-OH is 1. The van der Waals surface area contributed by atoms with Gasteiger partial charge in [0, 0.05) is 24.0 Å².